The molecule has 0 fully saturated rings. The molecule has 9 heteroatoms. The Morgan fingerprint density at radius 1 is 1.13 bits per heavy atom. The van der Waals surface area contributed by atoms with Gasteiger partial charge >= 0.3 is 0 Å². The molecule has 0 aliphatic carbocycles. The van der Waals surface area contributed by atoms with Gasteiger partial charge in [-0.05, 0) is 48.2 Å². The predicted molar refractivity (Wildman–Crippen MR) is 113 cm³/mol. The van der Waals surface area contributed by atoms with Gasteiger partial charge < -0.3 is 18.8 Å². The second kappa shape index (κ2) is 7.67. The summed E-state index contributed by atoms with van der Waals surface area (Å²) in [5.41, 5.74) is 1.87. The molecule has 0 amide bonds. The van der Waals surface area contributed by atoms with Gasteiger partial charge in [-0.25, -0.2) is 4.98 Å². The fourth-order valence-electron chi connectivity index (χ4n) is 3.50. The van der Waals surface area contributed by atoms with E-state index >= 15 is 0 Å². The van der Waals surface area contributed by atoms with Crippen LogP contribution < -0.4 is 11.1 Å². The van der Waals surface area contributed by atoms with Gasteiger partial charge in [0.1, 0.15) is 5.82 Å². The van der Waals surface area contributed by atoms with Gasteiger partial charge in [-0.3, -0.25) is 9.59 Å². The normalized spacial score (nSPS) is 13.8. The summed E-state index contributed by atoms with van der Waals surface area (Å²) in [6.07, 6.45) is 5.77. The van der Waals surface area contributed by atoms with E-state index in [1.54, 1.807) is 31.4 Å². The first-order valence-electron chi connectivity index (χ1n) is 9.93. The van der Waals surface area contributed by atoms with Crippen LogP contribution in [0.3, 0.4) is 0 Å². The lowest BCUT2D eigenvalue weighted by atomic mass is 10.1. The second-order valence-electron chi connectivity index (χ2n) is 7.36. The standard InChI is InChI=1S/C22H19N5O4/c1-27-12-14(6-8-20(27)28)13-5-7-16-15(10-13)22(29)24-18(23-16)11-19-25-21(26-31-19)17-4-2-3-9-30-17/h4-8,10,12H,2-3,9,11H2,1H3,(H,23,24,29). The van der Waals surface area contributed by atoms with E-state index in [9.17, 15) is 9.59 Å². The maximum Gasteiger partial charge on any atom is 0.258 e. The number of rotatable bonds is 4. The summed E-state index contributed by atoms with van der Waals surface area (Å²) >= 11 is 0. The van der Waals surface area contributed by atoms with E-state index in [0.717, 1.165) is 24.0 Å². The summed E-state index contributed by atoms with van der Waals surface area (Å²) in [5, 5.41) is 4.42. The van der Waals surface area contributed by atoms with Crippen molar-refractivity contribution in [1.29, 1.82) is 0 Å². The fourth-order valence-corrected chi connectivity index (χ4v) is 3.50. The van der Waals surface area contributed by atoms with E-state index in [-0.39, 0.29) is 17.5 Å². The van der Waals surface area contributed by atoms with Crippen LogP contribution in [0.25, 0.3) is 27.8 Å². The number of aryl methyl sites for hydroxylation is 1. The Bertz CT molecular complexity index is 1430. The Morgan fingerprint density at radius 3 is 2.81 bits per heavy atom. The summed E-state index contributed by atoms with van der Waals surface area (Å²) in [6.45, 7) is 0.635. The first-order valence-corrected chi connectivity index (χ1v) is 9.93. The molecule has 156 valence electrons. The highest BCUT2D eigenvalue weighted by Gasteiger charge is 2.16. The maximum atomic E-state index is 12.7. The van der Waals surface area contributed by atoms with Crippen LogP contribution in [-0.2, 0) is 18.2 Å². The van der Waals surface area contributed by atoms with Gasteiger partial charge in [-0.1, -0.05) is 11.2 Å². The second-order valence-corrected chi connectivity index (χ2v) is 7.36. The highest BCUT2D eigenvalue weighted by Crippen LogP contribution is 2.22. The lowest BCUT2D eigenvalue weighted by Crippen LogP contribution is -2.14. The summed E-state index contributed by atoms with van der Waals surface area (Å²) in [6, 6.07) is 8.66. The largest absolute Gasteiger partial charge is 0.490 e. The molecule has 0 unspecified atom stereocenters. The number of fused-ring (bicyclic) bond motifs is 1. The van der Waals surface area contributed by atoms with Crippen LogP contribution in [0, 0.1) is 0 Å². The zero-order valence-electron chi connectivity index (χ0n) is 16.8. The molecule has 1 aromatic carbocycles. The third-order valence-electron chi connectivity index (χ3n) is 5.12. The minimum Gasteiger partial charge on any atom is -0.490 e. The molecule has 5 rings (SSSR count). The maximum absolute atomic E-state index is 12.7. The number of aromatic amines is 1. The Kier molecular flexibility index (Phi) is 4.70. The molecule has 0 radical (unpaired) electrons. The van der Waals surface area contributed by atoms with Crippen molar-refractivity contribution in [1.82, 2.24) is 24.7 Å². The molecule has 0 saturated heterocycles. The number of pyridine rings is 1. The highest BCUT2D eigenvalue weighted by molar-refractivity contribution is 5.83. The van der Waals surface area contributed by atoms with E-state index < -0.39 is 0 Å². The minimum absolute atomic E-state index is 0.0933. The van der Waals surface area contributed by atoms with Crippen LogP contribution in [0.5, 0.6) is 0 Å². The van der Waals surface area contributed by atoms with Crippen molar-refractivity contribution in [3.8, 4) is 11.1 Å². The average Bonchev–Trinajstić information content (AvgIpc) is 3.25. The summed E-state index contributed by atoms with van der Waals surface area (Å²) < 4.78 is 12.3. The molecule has 3 aromatic heterocycles. The quantitative estimate of drug-likeness (QED) is 0.542. The third-order valence-corrected chi connectivity index (χ3v) is 5.12. The Balaban J connectivity index is 1.44. The number of hydrogen-bond acceptors (Lipinski definition) is 7. The van der Waals surface area contributed by atoms with Crippen LogP contribution in [-0.4, -0.2) is 31.3 Å². The lowest BCUT2D eigenvalue weighted by Gasteiger charge is -2.10. The molecule has 0 saturated carbocycles. The van der Waals surface area contributed by atoms with Crippen LogP contribution in [0.4, 0.5) is 0 Å². The van der Waals surface area contributed by atoms with Crippen LogP contribution in [0.15, 0.2) is 56.7 Å². The highest BCUT2D eigenvalue weighted by atomic mass is 16.5. The monoisotopic (exact) mass is 417 g/mol. The molecule has 31 heavy (non-hydrogen) atoms. The van der Waals surface area contributed by atoms with Crippen molar-refractivity contribution in [2.75, 3.05) is 6.61 Å². The minimum atomic E-state index is -0.260. The van der Waals surface area contributed by atoms with Crippen molar-refractivity contribution >= 4 is 16.7 Å². The molecular weight excluding hydrogens is 398 g/mol. The third kappa shape index (κ3) is 3.77. The molecule has 1 N–H and O–H groups in total. The molecule has 1 aliphatic heterocycles. The number of ether oxygens (including phenoxy) is 1. The number of benzene rings is 1. The zero-order chi connectivity index (χ0) is 21.4. The molecule has 4 aromatic rings. The first kappa shape index (κ1) is 19.0. The Labute approximate surface area is 176 Å². The van der Waals surface area contributed by atoms with E-state index in [4.69, 9.17) is 9.26 Å². The van der Waals surface area contributed by atoms with Crippen molar-refractivity contribution in [3.05, 3.63) is 80.9 Å². The summed E-state index contributed by atoms with van der Waals surface area (Å²) in [4.78, 5) is 36.0. The van der Waals surface area contributed by atoms with Crippen LogP contribution >= 0.6 is 0 Å². The van der Waals surface area contributed by atoms with Crippen molar-refractivity contribution in [3.63, 3.8) is 0 Å². The van der Waals surface area contributed by atoms with Crippen molar-refractivity contribution in [2.45, 2.75) is 19.3 Å². The molecule has 0 bridgehead atoms. The molecular formula is C22H19N5O4. The van der Waals surface area contributed by atoms with Crippen molar-refractivity contribution < 1.29 is 9.26 Å². The fraction of sp³-hybridized carbons (Fsp3) is 0.227. The number of allylic oxidation sites excluding steroid dienone is 1. The average molecular weight is 417 g/mol. The van der Waals surface area contributed by atoms with E-state index in [2.05, 4.69) is 20.1 Å². The SMILES string of the molecule is Cn1cc(-c2ccc3nc(Cc4nc(C5=CCCCO5)no4)[nH]c(=O)c3c2)ccc1=O. The lowest BCUT2D eigenvalue weighted by molar-refractivity contribution is 0.254. The molecule has 9 nitrogen and oxygen atoms in total. The number of H-pyrrole nitrogens is 1. The number of hydrogen-bond donors (Lipinski definition) is 1. The van der Waals surface area contributed by atoms with Gasteiger partial charge in [0.25, 0.3) is 5.56 Å². The molecule has 1 aliphatic rings. The topological polar surface area (TPSA) is 116 Å². The van der Waals surface area contributed by atoms with Crippen molar-refractivity contribution in [2.24, 2.45) is 7.05 Å². The van der Waals surface area contributed by atoms with Gasteiger partial charge in [0.2, 0.25) is 17.3 Å². The zero-order valence-corrected chi connectivity index (χ0v) is 16.8. The first-order chi connectivity index (χ1) is 15.1. The molecule has 0 spiro atoms. The van der Waals surface area contributed by atoms with E-state index in [0.29, 0.717) is 40.8 Å². The molecule has 4 heterocycles. The Morgan fingerprint density at radius 2 is 2.00 bits per heavy atom. The van der Waals surface area contributed by atoms with Crippen LogP contribution in [0.2, 0.25) is 0 Å². The smallest absolute Gasteiger partial charge is 0.258 e. The van der Waals surface area contributed by atoms with E-state index in [1.165, 1.54) is 10.6 Å². The Hall–Kier alpha value is -4.01. The van der Waals surface area contributed by atoms with Gasteiger partial charge in [0, 0.05) is 19.3 Å². The number of nitrogens with zero attached hydrogens (tertiary/aromatic N) is 4. The number of nitrogens with one attached hydrogen (secondary N) is 1. The van der Waals surface area contributed by atoms with Gasteiger partial charge in [-0.15, -0.1) is 0 Å². The van der Waals surface area contributed by atoms with Gasteiger partial charge in [0.15, 0.2) is 5.76 Å². The number of aromatic nitrogens is 5. The van der Waals surface area contributed by atoms with E-state index in [1.807, 2.05) is 12.1 Å². The molecule has 0 atom stereocenters. The predicted octanol–water partition coefficient (Wildman–Crippen LogP) is 2.41. The van der Waals surface area contributed by atoms with Gasteiger partial charge in [-0.2, -0.15) is 4.98 Å². The summed E-state index contributed by atoms with van der Waals surface area (Å²) in [7, 11) is 1.69. The van der Waals surface area contributed by atoms with Gasteiger partial charge in [0.05, 0.1) is 23.9 Å². The van der Waals surface area contributed by atoms with Crippen LogP contribution in [0.1, 0.15) is 30.4 Å². The summed E-state index contributed by atoms with van der Waals surface area (Å²) in [5.74, 6) is 1.79.